The standard InChI is InChI=1S/C17H26FN3O/c1-20-9-5-6-14(11-20)10-19-17(22)13-21(2)12-15-7-3-4-8-16(15)18/h3-4,7-8,14H,5-6,9-13H2,1-2H3,(H,19,22)/t14-/m0/s1. The van der Waals surface area contributed by atoms with Crippen LogP contribution >= 0.6 is 0 Å². The molecule has 4 nitrogen and oxygen atoms in total. The third kappa shape index (κ3) is 5.39. The number of likely N-dealkylation sites (tertiary alicyclic amines) is 1. The molecular weight excluding hydrogens is 281 g/mol. The zero-order valence-corrected chi connectivity index (χ0v) is 13.5. The van der Waals surface area contributed by atoms with Gasteiger partial charge in [-0.2, -0.15) is 0 Å². The lowest BCUT2D eigenvalue weighted by molar-refractivity contribution is -0.122. The number of piperidine rings is 1. The Morgan fingerprint density at radius 1 is 1.45 bits per heavy atom. The van der Waals surface area contributed by atoms with Gasteiger partial charge in [0.15, 0.2) is 0 Å². The number of amides is 1. The molecule has 1 fully saturated rings. The summed E-state index contributed by atoms with van der Waals surface area (Å²) < 4.78 is 13.6. The zero-order chi connectivity index (χ0) is 15.9. The Morgan fingerprint density at radius 2 is 2.23 bits per heavy atom. The number of nitrogens with zero attached hydrogens (tertiary/aromatic N) is 2. The second kappa shape index (κ2) is 8.25. The third-order valence-corrected chi connectivity index (χ3v) is 4.12. The van der Waals surface area contributed by atoms with E-state index in [2.05, 4.69) is 17.3 Å². The molecule has 1 atom stereocenters. The zero-order valence-electron chi connectivity index (χ0n) is 13.5. The summed E-state index contributed by atoms with van der Waals surface area (Å²) in [4.78, 5) is 16.1. The summed E-state index contributed by atoms with van der Waals surface area (Å²) in [5, 5.41) is 3.00. The van der Waals surface area contributed by atoms with Gasteiger partial charge in [-0.15, -0.1) is 0 Å². The smallest absolute Gasteiger partial charge is 0.234 e. The number of rotatable bonds is 6. The molecule has 1 N–H and O–H groups in total. The summed E-state index contributed by atoms with van der Waals surface area (Å²) in [6.45, 7) is 3.65. The highest BCUT2D eigenvalue weighted by Gasteiger charge is 2.18. The number of hydrogen-bond donors (Lipinski definition) is 1. The fourth-order valence-corrected chi connectivity index (χ4v) is 2.97. The van der Waals surface area contributed by atoms with Crippen LogP contribution in [0, 0.1) is 11.7 Å². The summed E-state index contributed by atoms with van der Waals surface area (Å²) in [7, 11) is 3.95. The maximum atomic E-state index is 13.6. The minimum absolute atomic E-state index is 0.00654. The molecule has 1 heterocycles. The fraction of sp³-hybridized carbons (Fsp3) is 0.588. The van der Waals surface area contributed by atoms with E-state index >= 15 is 0 Å². The van der Waals surface area contributed by atoms with Crippen molar-refractivity contribution in [2.45, 2.75) is 19.4 Å². The highest BCUT2D eigenvalue weighted by molar-refractivity contribution is 5.77. The molecule has 0 saturated carbocycles. The average Bonchev–Trinajstić information content (AvgIpc) is 2.47. The van der Waals surface area contributed by atoms with Crippen molar-refractivity contribution in [3.05, 3.63) is 35.6 Å². The molecule has 1 aromatic rings. The van der Waals surface area contributed by atoms with Crippen molar-refractivity contribution in [2.75, 3.05) is 40.3 Å². The SMILES string of the molecule is CN(CC(=O)NC[C@@H]1CCCN(C)C1)Cc1ccccc1F. The maximum Gasteiger partial charge on any atom is 0.234 e. The molecule has 0 unspecified atom stereocenters. The van der Waals surface area contributed by atoms with Gasteiger partial charge in [-0.1, -0.05) is 18.2 Å². The van der Waals surface area contributed by atoms with Gasteiger partial charge in [-0.3, -0.25) is 9.69 Å². The molecule has 22 heavy (non-hydrogen) atoms. The van der Waals surface area contributed by atoms with Crippen LogP contribution < -0.4 is 5.32 Å². The second-order valence-corrected chi connectivity index (χ2v) is 6.34. The topological polar surface area (TPSA) is 35.6 Å². The van der Waals surface area contributed by atoms with Crippen LogP contribution in [0.1, 0.15) is 18.4 Å². The number of carbonyl (C=O) groups excluding carboxylic acids is 1. The van der Waals surface area contributed by atoms with Crippen molar-refractivity contribution < 1.29 is 9.18 Å². The van der Waals surface area contributed by atoms with Crippen LogP contribution in [0.3, 0.4) is 0 Å². The largest absolute Gasteiger partial charge is 0.355 e. The van der Waals surface area contributed by atoms with Crippen LogP contribution in [-0.4, -0.2) is 56.0 Å². The van der Waals surface area contributed by atoms with E-state index in [0.717, 1.165) is 19.6 Å². The molecule has 5 heteroatoms. The molecule has 1 aromatic carbocycles. The number of nitrogens with one attached hydrogen (secondary N) is 1. The van der Waals surface area contributed by atoms with Gasteiger partial charge in [0.05, 0.1) is 6.54 Å². The van der Waals surface area contributed by atoms with E-state index in [4.69, 9.17) is 0 Å². The first-order valence-corrected chi connectivity index (χ1v) is 7.92. The first-order valence-electron chi connectivity index (χ1n) is 7.92. The maximum absolute atomic E-state index is 13.6. The van der Waals surface area contributed by atoms with Crippen LogP contribution in [0.25, 0.3) is 0 Å². The Kier molecular flexibility index (Phi) is 6.34. The summed E-state index contributed by atoms with van der Waals surface area (Å²) in [5.74, 6) is 0.326. The molecule has 122 valence electrons. The Balaban J connectivity index is 1.71. The van der Waals surface area contributed by atoms with Crippen LogP contribution in [0.4, 0.5) is 4.39 Å². The van der Waals surface area contributed by atoms with Gasteiger partial charge >= 0.3 is 0 Å². The normalized spacial score (nSPS) is 19.4. The molecule has 0 radical (unpaired) electrons. The Bertz CT molecular complexity index is 495. The van der Waals surface area contributed by atoms with Crippen molar-refractivity contribution in [2.24, 2.45) is 5.92 Å². The van der Waals surface area contributed by atoms with E-state index in [1.54, 1.807) is 12.1 Å². The summed E-state index contributed by atoms with van der Waals surface area (Å²) in [5.41, 5.74) is 0.617. The van der Waals surface area contributed by atoms with Crippen LogP contribution in [-0.2, 0) is 11.3 Å². The van der Waals surface area contributed by atoms with Gasteiger partial charge in [0.1, 0.15) is 5.82 Å². The van der Waals surface area contributed by atoms with Crippen LogP contribution in [0.2, 0.25) is 0 Å². The lowest BCUT2D eigenvalue weighted by Crippen LogP contribution is -2.41. The Labute approximate surface area is 132 Å². The fourth-order valence-electron chi connectivity index (χ4n) is 2.97. The molecule has 0 aromatic heterocycles. The summed E-state index contributed by atoms with van der Waals surface area (Å²) in [6, 6.07) is 6.68. The minimum atomic E-state index is -0.222. The predicted octanol–water partition coefficient (Wildman–Crippen LogP) is 1.72. The molecule has 0 bridgehead atoms. The van der Waals surface area contributed by atoms with Crippen molar-refractivity contribution in [1.29, 1.82) is 0 Å². The molecule has 1 amide bonds. The van der Waals surface area contributed by atoms with Gasteiger partial charge < -0.3 is 10.2 Å². The van der Waals surface area contributed by atoms with Gasteiger partial charge in [0.25, 0.3) is 0 Å². The van der Waals surface area contributed by atoms with E-state index in [-0.39, 0.29) is 18.3 Å². The highest BCUT2D eigenvalue weighted by Crippen LogP contribution is 2.14. The molecule has 1 aliphatic rings. The Hall–Kier alpha value is -1.46. The second-order valence-electron chi connectivity index (χ2n) is 6.34. The molecule has 1 aliphatic heterocycles. The van der Waals surface area contributed by atoms with E-state index in [9.17, 15) is 9.18 Å². The van der Waals surface area contributed by atoms with Gasteiger partial charge in [0, 0.05) is 25.2 Å². The monoisotopic (exact) mass is 307 g/mol. The van der Waals surface area contributed by atoms with Gasteiger partial charge in [0.2, 0.25) is 5.91 Å². The lowest BCUT2D eigenvalue weighted by Gasteiger charge is -2.29. The van der Waals surface area contributed by atoms with E-state index < -0.39 is 0 Å². The number of hydrogen-bond acceptors (Lipinski definition) is 3. The van der Waals surface area contributed by atoms with Crippen LogP contribution in [0.5, 0.6) is 0 Å². The first kappa shape index (κ1) is 16.9. The number of halogens is 1. The number of carbonyl (C=O) groups is 1. The predicted molar refractivity (Wildman–Crippen MR) is 86.0 cm³/mol. The minimum Gasteiger partial charge on any atom is -0.355 e. The van der Waals surface area contributed by atoms with Crippen molar-refractivity contribution in [3.8, 4) is 0 Å². The average molecular weight is 307 g/mol. The summed E-state index contributed by atoms with van der Waals surface area (Å²) >= 11 is 0. The van der Waals surface area contributed by atoms with E-state index in [1.807, 2.05) is 18.0 Å². The molecule has 2 rings (SSSR count). The molecular formula is C17H26FN3O. The van der Waals surface area contributed by atoms with E-state index in [1.165, 1.54) is 18.9 Å². The van der Waals surface area contributed by atoms with E-state index in [0.29, 0.717) is 18.0 Å². The molecule has 1 saturated heterocycles. The highest BCUT2D eigenvalue weighted by atomic mass is 19.1. The number of benzene rings is 1. The summed E-state index contributed by atoms with van der Waals surface area (Å²) in [6.07, 6.45) is 2.37. The van der Waals surface area contributed by atoms with Gasteiger partial charge in [-0.05, 0) is 45.5 Å². The molecule has 0 aliphatic carbocycles. The number of likely N-dealkylation sites (N-methyl/N-ethyl adjacent to an activating group) is 1. The van der Waals surface area contributed by atoms with Crippen molar-refractivity contribution >= 4 is 5.91 Å². The Morgan fingerprint density at radius 3 is 2.95 bits per heavy atom. The molecule has 0 spiro atoms. The lowest BCUT2D eigenvalue weighted by atomic mass is 9.98. The van der Waals surface area contributed by atoms with Gasteiger partial charge in [-0.25, -0.2) is 4.39 Å². The van der Waals surface area contributed by atoms with Crippen molar-refractivity contribution in [1.82, 2.24) is 15.1 Å². The van der Waals surface area contributed by atoms with Crippen LogP contribution in [0.15, 0.2) is 24.3 Å². The quantitative estimate of drug-likeness (QED) is 0.869. The van der Waals surface area contributed by atoms with Crippen molar-refractivity contribution in [3.63, 3.8) is 0 Å². The third-order valence-electron chi connectivity index (χ3n) is 4.12. The first-order chi connectivity index (χ1) is 10.5.